The van der Waals surface area contributed by atoms with Gasteiger partial charge in [0.25, 0.3) is 5.91 Å². The van der Waals surface area contributed by atoms with Crippen LogP contribution < -0.4 is 10.6 Å². The zero-order chi connectivity index (χ0) is 15.2. The molecule has 0 spiro atoms. The fraction of sp³-hybridized carbons (Fsp3) is 0.375. The Morgan fingerprint density at radius 2 is 2.00 bits per heavy atom. The fourth-order valence-electron chi connectivity index (χ4n) is 2.17. The van der Waals surface area contributed by atoms with Gasteiger partial charge in [0.05, 0.1) is 5.69 Å². The topological polar surface area (TPSA) is 58.9 Å². The third-order valence-electron chi connectivity index (χ3n) is 3.24. The molecule has 0 bridgehead atoms. The first-order chi connectivity index (χ1) is 10.1. The van der Waals surface area contributed by atoms with E-state index in [0.29, 0.717) is 12.2 Å². The maximum Gasteiger partial charge on any atom is 0.271 e. The quantitative estimate of drug-likeness (QED) is 0.858. The standard InChI is InChI=1S/C16H22N4O.ClH/c1-4-17-12(2)11-18-16(21)15-10-13(3)20(19-15)14-8-6-5-7-9-14;/h5-10,12,17H,4,11H2,1-3H3,(H,18,21);1H/t12-;/m1./s1. The second kappa shape index (κ2) is 8.56. The molecule has 0 unspecified atom stereocenters. The Hall–Kier alpha value is -1.85. The highest BCUT2D eigenvalue weighted by Crippen LogP contribution is 2.11. The lowest BCUT2D eigenvalue weighted by molar-refractivity contribution is 0.0945. The number of benzene rings is 1. The molecular formula is C16H23ClN4O. The van der Waals surface area contributed by atoms with Crippen LogP contribution in [0.4, 0.5) is 0 Å². The number of halogens is 1. The molecule has 1 aromatic heterocycles. The largest absolute Gasteiger partial charge is 0.349 e. The molecule has 0 aliphatic carbocycles. The smallest absolute Gasteiger partial charge is 0.271 e. The van der Waals surface area contributed by atoms with E-state index in [0.717, 1.165) is 17.9 Å². The van der Waals surface area contributed by atoms with Crippen molar-refractivity contribution in [2.24, 2.45) is 0 Å². The van der Waals surface area contributed by atoms with Gasteiger partial charge < -0.3 is 10.6 Å². The van der Waals surface area contributed by atoms with Crippen molar-refractivity contribution in [2.75, 3.05) is 13.1 Å². The summed E-state index contributed by atoms with van der Waals surface area (Å²) in [6, 6.07) is 11.8. The van der Waals surface area contributed by atoms with Crippen molar-refractivity contribution in [1.29, 1.82) is 0 Å². The summed E-state index contributed by atoms with van der Waals surface area (Å²) in [7, 11) is 0. The van der Waals surface area contributed by atoms with Crippen LogP contribution in [0.3, 0.4) is 0 Å². The van der Waals surface area contributed by atoms with Gasteiger partial charge in [0, 0.05) is 18.3 Å². The van der Waals surface area contributed by atoms with Crippen LogP contribution in [-0.2, 0) is 0 Å². The normalized spacial score (nSPS) is 11.6. The Morgan fingerprint density at radius 3 is 2.64 bits per heavy atom. The lowest BCUT2D eigenvalue weighted by Gasteiger charge is -2.12. The van der Waals surface area contributed by atoms with Gasteiger partial charge in [0.2, 0.25) is 0 Å². The van der Waals surface area contributed by atoms with Crippen LogP contribution in [0.1, 0.15) is 30.0 Å². The SMILES string of the molecule is CCN[C@H](C)CNC(=O)c1cc(C)n(-c2ccccc2)n1.Cl. The van der Waals surface area contributed by atoms with E-state index in [9.17, 15) is 4.79 Å². The molecule has 6 heteroatoms. The number of likely N-dealkylation sites (N-methyl/N-ethyl adjacent to an activating group) is 1. The summed E-state index contributed by atoms with van der Waals surface area (Å²) in [5.74, 6) is -0.141. The molecule has 1 heterocycles. The number of amides is 1. The summed E-state index contributed by atoms with van der Waals surface area (Å²) in [6.45, 7) is 7.50. The van der Waals surface area contributed by atoms with Crippen molar-refractivity contribution < 1.29 is 4.79 Å². The lowest BCUT2D eigenvalue weighted by atomic mass is 10.3. The van der Waals surface area contributed by atoms with Crippen molar-refractivity contribution >= 4 is 18.3 Å². The van der Waals surface area contributed by atoms with Gasteiger partial charge >= 0.3 is 0 Å². The number of nitrogens with one attached hydrogen (secondary N) is 2. The average Bonchev–Trinajstić information content (AvgIpc) is 2.88. The number of carbonyl (C=O) groups is 1. The van der Waals surface area contributed by atoms with E-state index in [1.807, 2.05) is 51.1 Å². The van der Waals surface area contributed by atoms with E-state index in [2.05, 4.69) is 15.7 Å². The minimum absolute atomic E-state index is 0. The number of para-hydroxylation sites is 1. The molecule has 0 aliphatic heterocycles. The first kappa shape index (κ1) is 18.2. The summed E-state index contributed by atoms with van der Waals surface area (Å²) >= 11 is 0. The Kier molecular flexibility index (Phi) is 7.08. The summed E-state index contributed by atoms with van der Waals surface area (Å²) < 4.78 is 1.78. The van der Waals surface area contributed by atoms with Crippen LogP contribution >= 0.6 is 12.4 Å². The number of rotatable bonds is 6. The van der Waals surface area contributed by atoms with Gasteiger partial charge in [-0.3, -0.25) is 4.79 Å². The molecule has 1 aromatic carbocycles. The van der Waals surface area contributed by atoms with Crippen molar-refractivity contribution in [3.8, 4) is 5.69 Å². The number of hydrogen-bond donors (Lipinski definition) is 2. The molecule has 0 saturated heterocycles. The van der Waals surface area contributed by atoms with Gasteiger partial charge in [0.15, 0.2) is 5.69 Å². The van der Waals surface area contributed by atoms with Crippen LogP contribution in [-0.4, -0.2) is 34.8 Å². The van der Waals surface area contributed by atoms with E-state index >= 15 is 0 Å². The lowest BCUT2D eigenvalue weighted by Crippen LogP contribution is -2.38. The van der Waals surface area contributed by atoms with Crippen molar-refractivity contribution in [3.63, 3.8) is 0 Å². The molecule has 2 N–H and O–H groups in total. The van der Waals surface area contributed by atoms with Gasteiger partial charge in [-0.25, -0.2) is 4.68 Å². The third-order valence-corrected chi connectivity index (χ3v) is 3.24. The summed E-state index contributed by atoms with van der Waals surface area (Å²) in [4.78, 5) is 12.1. The van der Waals surface area contributed by atoms with Crippen LogP contribution in [0.5, 0.6) is 0 Å². The average molecular weight is 323 g/mol. The van der Waals surface area contributed by atoms with Crippen LogP contribution in [0.2, 0.25) is 0 Å². The number of nitrogens with zero attached hydrogens (tertiary/aromatic N) is 2. The van der Waals surface area contributed by atoms with Crippen LogP contribution in [0.25, 0.3) is 5.69 Å². The highest BCUT2D eigenvalue weighted by atomic mass is 35.5. The Morgan fingerprint density at radius 1 is 1.32 bits per heavy atom. The number of carbonyl (C=O) groups excluding carboxylic acids is 1. The number of aryl methyl sites for hydroxylation is 1. The minimum Gasteiger partial charge on any atom is -0.349 e. The molecule has 2 rings (SSSR count). The Balaban J connectivity index is 0.00000242. The molecule has 0 radical (unpaired) electrons. The van der Waals surface area contributed by atoms with Crippen molar-refractivity contribution in [2.45, 2.75) is 26.8 Å². The van der Waals surface area contributed by atoms with Crippen LogP contribution in [0, 0.1) is 6.92 Å². The summed E-state index contributed by atoms with van der Waals surface area (Å²) in [6.07, 6.45) is 0. The molecule has 2 aromatic rings. The molecule has 0 fully saturated rings. The number of hydrogen-bond acceptors (Lipinski definition) is 3. The van der Waals surface area contributed by atoms with E-state index in [1.54, 1.807) is 10.7 Å². The van der Waals surface area contributed by atoms with Gasteiger partial charge in [-0.05, 0) is 38.6 Å². The predicted octanol–water partition coefficient (Wildman–Crippen LogP) is 2.33. The van der Waals surface area contributed by atoms with Crippen molar-refractivity contribution in [3.05, 3.63) is 47.8 Å². The maximum atomic E-state index is 12.1. The Labute approximate surface area is 137 Å². The summed E-state index contributed by atoms with van der Waals surface area (Å²) in [5, 5.41) is 10.5. The molecule has 22 heavy (non-hydrogen) atoms. The molecule has 0 saturated carbocycles. The zero-order valence-corrected chi connectivity index (χ0v) is 14.0. The van der Waals surface area contributed by atoms with Crippen molar-refractivity contribution in [1.82, 2.24) is 20.4 Å². The van der Waals surface area contributed by atoms with Gasteiger partial charge in [-0.1, -0.05) is 25.1 Å². The van der Waals surface area contributed by atoms with Gasteiger partial charge in [-0.15, -0.1) is 12.4 Å². The van der Waals surface area contributed by atoms with E-state index in [4.69, 9.17) is 0 Å². The van der Waals surface area contributed by atoms with Crippen LogP contribution in [0.15, 0.2) is 36.4 Å². The number of aromatic nitrogens is 2. The van der Waals surface area contributed by atoms with Gasteiger partial charge in [0.1, 0.15) is 0 Å². The summed E-state index contributed by atoms with van der Waals surface area (Å²) in [5.41, 5.74) is 2.33. The van der Waals surface area contributed by atoms with Gasteiger partial charge in [-0.2, -0.15) is 5.10 Å². The van der Waals surface area contributed by atoms with E-state index in [1.165, 1.54) is 0 Å². The second-order valence-corrected chi connectivity index (χ2v) is 5.09. The molecule has 0 aliphatic rings. The molecule has 1 atom stereocenters. The fourth-order valence-corrected chi connectivity index (χ4v) is 2.17. The molecular weight excluding hydrogens is 300 g/mol. The first-order valence-corrected chi connectivity index (χ1v) is 7.25. The Bertz CT molecular complexity index is 597. The minimum atomic E-state index is -0.141. The molecule has 1 amide bonds. The highest BCUT2D eigenvalue weighted by molar-refractivity contribution is 5.92. The first-order valence-electron chi connectivity index (χ1n) is 7.25. The zero-order valence-electron chi connectivity index (χ0n) is 13.2. The van der Waals surface area contributed by atoms with E-state index < -0.39 is 0 Å². The molecule has 120 valence electrons. The second-order valence-electron chi connectivity index (χ2n) is 5.09. The maximum absolute atomic E-state index is 12.1. The molecule has 5 nitrogen and oxygen atoms in total. The monoisotopic (exact) mass is 322 g/mol. The highest BCUT2D eigenvalue weighted by Gasteiger charge is 2.13. The third kappa shape index (κ3) is 4.58. The predicted molar refractivity (Wildman–Crippen MR) is 91.0 cm³/mol. The van der Waals surface area contributed by atoms with E-state index in [-0.39, 0.29) is 24.4 Å².